The molecule has 2 aromatic rings. The number of aryl methyl sites for hydroxylation is 1. The molecular formula is C13H12N2O4. The number of hydrogen-bond acceptors (Lipinski definition) is 5. The Balaban J connectivity index is 2.32. The van der Waals surface area contributed by atoms with Crippen LogP contribution in [0.1, 0.15) is 11.3 Å². The van der Waals surface area contributed by atoms with Gasteiger partial charge in [0.1, 0.15) is 17.2 Å². The fourth-order valence-corrected chi connectivity index (χ4v) is 1.61. The van der Waals surface area contributed by atoms with Crippen LogP contribution in [-0.4, -0.2) is 15.0 Å². The third-order valence-electron chi connectivity index (χ3n) is 2.70. The number of nitrogens with zero attached hydrogens (tertiary/aromatic N) is 2. The molecule has 0 amide bonds. The summed E-state index contributed by atoms with van der Waals surface area (Å²) in [6.07, 6.45) is 0. The summed E-state index contributed by atoms with van der Waals surface area (Å²) >= 11 is 0. The van der Waals surface area contributed by atoms with Crippen molar-refractivity contribution in [2.45, 2.75) is 13.8 Å². The zero-order valence-corrected chi connectivity index (χ0v) is 10.5. The van der Waals surface area contributed by atoms with Crippen molar-refractivity contribution in [1.29, 1.82) is 0 Å². The van der Waals surface area contributed by atoms with E-state index >= 15 is 0 Å². The largest absolute Gasteiger partial charge is 0.508 e. The predicted octanol–water partition coefficient (Wildman–Crippen LogP) is 3.10. The number of aromatic hydroxyl groups is 1. The Hall–Kier alpha value is -2.63. The quantitative estimate of drug-likeness (QED) is 0.677. The summed E-state index contributed by atoms with van der Waals surface area (Å²) in [6.45, 7) is 3.25. The van der Waals surface area contributed by atoms with Gasteiger partial charge < -0.3 is 9.84 Å². The van der Waals surface area contributed by atoms with Crippen LogP contribution in [0.3, 0.4) is 0 Å². The Bertz CT molecular complexity index is 641. The zero-order valence-electron chi connectivity index (χ0n) is 10.5. The van der Waals surface area contributed by atoms with E-state index in [-0.39, 0.29) is 23.0 Å². The predicted molar refractivity (Wildman–Crippen MR) is 68.5 cm³/mol. The molecule has 19 heavy (non-hydrogen) atoms. The van der Waals surface area contributed by atoms with Gasteiger partial charge in [-0.15, -0.1) is 0 Å². The molecule has 0 radical (unpaired) electrons. The van der Waals surface area contributed by atoms with Crippen LogP contribution in [0.2, 0.25) is 0 Å². The maximum Gasteiger partial charge on any atom is 0.290 e. The Morgan fingerprint density at radius 2 is 2.00 bits per heavy atom. The molecule has 2 rings (SSSR count). The molecule has 0 spiro atoms. The van der Waals surface area contributed by atoms with E-state index in [1.165, 1.54) is 12.1 Å². The summed E-state index contributed by atoms with van der Waals surface area (Å²) in [6, 6.07) is 7.66. The second-order valence-corrected chi connectivity index (χ2v) is 4.01. The second kappa shape index (κ2) is 4.93. The fourth-order valence-electron chi connectivity index (χ4n) is 1.61. The number of rotatable bonds is 3. The van der Waals surface area contributed by atoms with Crippen molar-refractivity contribution in [3.8, 4) is 17.4 Å². The summed E-state index contributed by atoms with van der Waals surface area (Å²) in [7, 11) is 0. The number of benzene rings is 1. The van der Waals surface area contributed by atoms with Crippen molar-refractivity contribution in [2.75, 3.05) is 0 Å². The molecule has 1 N–H and O–H groups in total. The van der Waals surface area contributed by atoms with Crippen molar-refractivity contribution in [1.82, 2.24) is 4.98 Å². The Kier molecular flexibility index (Phi) is 3.33. The number of phenolic OH excluding ortho intramolecular Hbond substituents is 1. The highest BCUT2D eigenvalue weighted by atomic mass is 16.6. The van der Waals surface area contributed by atoms with Gasteiger partial charge in [-0.25, -0.2) is 4.98 Å². The first-order chi connectivity index (χ1) is 8.99. The van der Waals surface area contributed by atoms with Crippen LogP contribution >= 0.6 is 0 Å². The van der Waals surface area contributed by atoms with Crippen LogP contribution in [0, 0.1) is 24.0 Å². The number of nitro groups is 1. The lowest BCUT2D eigenvalue weighted by Gasteiger charge is -2.09. The van der Waals surface area contributed by atoms with E-state index in [0.29, 0.717) is 11.3 Å². The lowest BCUT2D eigenvalue weighted by Crippen LogP contribution is -1.96. The monoisotopic (exact) mass is 260 g/mol. The maximum atomic E-state index is 10.7. The third-order valence-corrected chi connectivity index (χ3v) is 2.70. The van der Waals surface area contributed by atoms with E-state index in [9.17, 15) is 15.2 Å². The molecule has 6 heteroatoms. The molecule has 1 aromatic carbocycles. The van der Waals surface area contributed by atoms with Crippen LogP contribution in [0.15, 0.2) is 30.3 Å². The molecule has 6 nitrogen and oxygen atoms in total. The molecule has 0 aliphatic heterocycles. The van der Waals surface area contributed by atoms with Gasteiger partial charge in [-0.05, 0) is 26.0 Å². The van der Waals surface area contributed by atoms with Gasteiger partial charge >= 0.3 is 0 Å². The number of phenols is 1. The molecule has 0 aliphatic carbocycles. The second-order valence-electron chi connectivity index (χ2n) is 4.01. The van der Waals surface area contributed by atoms with Gasteiger partial charge in [-0.3, -0.25) is 10.1 Å². The summed E-state index contributed by atoms with van der Waals surface area (Å²) in [5.74, 6) is 0.827. The van der Waals surface area contributed by atoms with Gasteiger partial charge in [0.05, 0.1) is 4.92 Å². The van der Waals surface area contributed by atoms with Crippen molar-refractivity contribution in [3.05, 3.63) is 51.7 Å². The van der Waals surface area contributed by atoms with Gasteiger partial charge in [0, 0.05) is 17.7 Å². The van der Waals surface area contributed by atoms with Gasteiger partial charge in [-0.1, -0.05) is 6.07 Å². The Morgan fingerprint density at radius 3 is 2.63 bits per heavy atom. The highest BCUT2D eigenvalue weighted by Crippen LogP contribution is 2.30. The first-order valence-electron chi connectivity index (χ1n) is 5.57. The van der Waals surface area contributed by atoms with Gasteiger partial charge in [-0.2, -0.15) is 0 Å². The number of hydrogen-bond donors (Lipinski definition) is 1. The van der Waals surface area contributed by atoms with Crippen LogP contribution in [0.5, 0.6) is 17.4 Å². The third kappa shape index (κ3) is 2.62. The van der Waals surface area contributed by atoms with Crippen LogP contribution < -0.4 is 4.74 Å². The van der Waals surface area contributed by atoms with Crippen LogP contribution in [0.4, 0.5) is 5.69 Å². The topological polar surface area (TPSA) is 85.5 Å². The summed E-state index contributed by atoms with van der Waals surface area (Å²) < 4.78 is 5.51. The molecule has 0 atom stereocenters. The Morgan fingerprint density at radius 1 is 1.26 bits per heavy atom. The standard InChI is InChI=1S/C13H12N2O4/c1-8-11(16)4-3-5-12(8)19-13-7-6-10(15(17)18)9(2)14-13/h3-7,16H,1-2H3. The molecule has 1 aromatic heterocycles. The zero-order chi connectivity index (χ0) is 14.0. The molecule has 0 saturated heterocycles. The van der Waals surface area contributed by atoms with Gasteiger partial charge in [0.15, 0.2) is 0 Å². The minimum Gasteiger partial charge on any atom is -0.508 e. The number of ether oxygens (including phenoxy) is 1. The van der Waals surface area contributed by atoms with Gasteiger partial charge in [0.2, 0.25) is 5.88 Å². The van der Waals surface area contributed by atoms with E-state index < -0.39 is 4.92 Å². The average Bonchev–Trinajstić information content (AvgIpc) is 2.34. The summed E-state index contributed by atoms with van der Waals surface area (Å²) in [5.41, 5.74) is 0.806. The minimum atomic E-state index is -0.494. The first kappa shape index (κ1) is 12.8. The summed E-state index contributed by atoms with van der Waals surface area (Å²) in [5, 5.41) is 20.2. The molecular weight excluding hydrogens is 248 g/mol. The molecule has 0 aliphatic rings. The highest BCUT2D eigenvalue weighted by Gasteiger charge is 2.13. The van der Waals surface area contributed by atoms with E-state index in [0.717, 1.165) is 0 Å². The molecule has 0 bridgehead atoms. The van der Waals surface area contributed by atoms with Crippen molar-refractivity contribution in [2.24, 2.45) is 0 Å². The van der Waals surface area contributed by atoms with Crippen molar-refractivity contribution in [3.63, 3.8) is 0 Å². The average molecular weight is 260 g/mol. The van der Waals surface area contributed by atoms with E-state index in [2.05, 4.69) is 4.98 Å². The SMILES string of the molecule is Cc1nc(Oc2cccc(O)c2C)ccc1[N+](=O)[O-]. The number of aromatic nitrogens is 1. The van der Waals surface area contributed by atoms with Crippen LogP contribution in [-0.2, 0) is 0 Å². The van der Waals surface area contributed by atoms with E-state index in [4.69, 9.17) is 4.74 Å². The maximum absolute atomic E-state index is 10.7. The Labute approximate surface area is 109 Å². The lowest BCUT2D eigenvalue weighted by molar-refractivity contribution is -0.385. The summed E-state index contributed by atoms with van der Waals surface area (Å²) in [4.78, 5) is 14.2. The van der Waals surface area contributed by atoms with Crippen LogP contribution in [0.25, 0.3) is 0 Å². The molecule has 0 saturated carbocycles. The first-order valence-corrected chi connectivity index (χ1v) is 5.57. The normalized spacial score (nSPS) is 10.2. The lowest BCUT2D eigenvalue weighted by atomic mass is 10.2. The fraction of sp³-hybridized carbons (Fsp3) is 0.154. The molecule has 0 fully saturated rings. The number of pyridine rings is 1. The smallest absolute Gasteiger partial charge is 0.290 e. The minimum absolute atomic E-state index is 0.0556. The van der Waals surface area contributed by atoms with E-state index in [1.54, 1.807) is 32.0 Å². The molecule has 0 unspecified atom stereocenters. The molecule has 98 valence electrons. The van der Waals surface area contributed by atoms with Gasteiger partial charge in [0.25, 0.3) is 5.69 Å². The van der Waals surface area contributed by atoms with E-state index in [1.807, 2.05) is 0 Å². The van der Waals surface area contributed by atoms with Crippen molar-refractivity contribution < 1.29 is 14.8 Å². The highest BCUT2D eigenvalue weighted by molar-refractivity contribution is 5.45. The molecule has 1 heterocycles. The van der Waals surface area contributed by atoms with Crippen molar-refractivity contribution >= 4 is 5.69 Å².